The lowest BCUT2D eigenvalue weighted by Gasteiger charge is -2.22. The number of hydrogen-bond donors (Lipinski definition) is 2. The molecule has 1 aromatic carbocycles. The van der Waals surface area contributed by atoms with Gasteiger partial charge in [-0.05, 0) is 49.6 Å². The van der Waals surface area contributed by atoms with Crippen molar-refractivity contribution in [3.05, 3.63) is 77.3 Å². The van der Waals surface area contributed by atoms with Crippen molar-refractivity contribution < 1.29 is 38.2 Å². The highest BCUT2D eigenvalue weighted by molar-refractivity contribution is 7.11. The smallest absolute Gasteiger partial charge is 0.332 e. The van der Waals surface area contributed by atoms with Crippen LogP contribution in [0.3, 0.4) is 0 Å². The Morgan fingerprint density at radius 2 is 2.02 bits per heavy atom. The number of likely N-dealkylation sites (N-methyl/N-ethyl adjacent to an activating group) is 1. The second-order valence-electron chi connectivity index (χ2n) is 11.5. The van der Waals surface area contributed by atoms with Gasteiger partial charge >= 0.3 is 5.97 Å². The van der Waals surface area contributed by atoms with Crippen LogP contribution in [0.25, 0.3) is 0 Å². The summed E-state index contributed by atoms with van der Waals surface area (Å²) >= 11 is 1.03. The molecular weight excluding hydrogens is 678 g/mol. The van der Waals surface area contributed by atoms with Gasteiger partial charge < -0.3 is 39.2 Å². The molecule has 3 heterocycles. The van der Waals surface area contributed by atoms with Gasteiger partial charge in [-0.15, -0.1) is 0 Å². The Morgan fingerprint density at radius 1 is 1.22 bits per heavy atom. The van der Waals surface area contributed by atoms with Gasteiger partial charge in [0.2, 0.25) is 5.91 Å². The maximum Gasteiger partial charge on any atom is 0.332 e. The van der Waals surface area contributed by atoms with Gasteiger partial charge in [-0.3, -0.25) is 24.2 Å². The molecule has 3 aromatic rings. The number of nitrogens with one attached hydrogen (secondary N) is 2. The molecule has 2 N–H and O–H groups in total. The molecule has 51 heavy (non-hydrogen) atoms. The first-order chi connectivity index (χ1) is 24.5. The number of aldehydes is 1. The monoisotopic (exact) mass is 719 g/mol. The predicted molar refractivity (Wildman–Crippen MR) is 192 cm³/mol. The molecular formula is C35H41N7O8S. The molecule has 0 aliphatic carbocycles. The highest BCUT2D eigenvalue weighted by Gasteiger charge is 2.28. The third-order valence-electron chi connectivity index (χ3n) is 7.66. The first kappa shape index (κ1) is 38.0. The normalized spacial score (nSPS) is 14.2. The van der Waals surface area contributed by atoms with E-state index in [1.165, 1.54) is 29.7 Å². The molecule has 1 fully saturated rings. The number of methoxy groups -OCH3 is 1. The Hall–Kier alpha value is -5.77. The van der Waals surface area contributed by atoms with Crippen molar-refractivity contribution in [2.24, 2.45) is 12.0 Å². The number of aryl methyl sites for hydroxylation is 1. The summed E-state index contributed by atoms with van der Waals surface area (Å²) in [4.78, 5) is 73.1. The lowest BCUT2D eigenvalue weighted by Crippen LogP contribution is -2.36. The molecule has 2 aromatic heterocycles. The average Bonchev–Trinajstić information content (AvgIpc) is 3.86. The van der Waals surface area contributed by atoms with Crippen LogP contribution >= 0.6 is 11.3 Å². The maximum absolute atomic E-state index is 13.1. The molecule has 270 valence electrons. The number of rotatable bonds is 17. The molecule has 1 aliphatic rings. The SMILES string of the molecule is C=C/C(=C\N(C)CC(=O)Oc1nc(C=O)cs1)NC(=O)c1cc(NC(=O)CCCOc2ccc(C(=O)N3CCCC3C=NC)cc2OC)cn1C. The third kappa shape index (κ3) is 10.6. The third-order valence-corrected chi connectivity index (χ3v) is 8.39. The van der Waals surface area contributed by atoms with E-state index in [0.29, 0.717) is 47.7 Å². The van der Waals surface area contributed by atoms with Crippen molar-refractivity contribution in [2.75, 3.05) is 46.2 Å². The lowest BCUT2D eigenvalue weighted by atomic mass is 10.1. The van der Waals surface area contributed by atoms with Gasteiger partial charge in [0.1, 0.15) is 17.9 Å². The van der Waals surface area contributed by atoms with E-state index in [9.17, 15) is 24.0 Å². The number of esters is 1. The Labute approximate surface area is 299 Å². The number of carbonyl (C=O) groups excluding carboxylic acids is 5. The van der Waals surface area contributed by atoms with E-state index >= 15 is 0 Å². The van der Waals surface area contributed by atoms with Gasteiger partial charge in [0.25, 0.3) is 17.0 Å². The van der Waals surface area contributed by atoms with Crippen molar-refractivity contribution in [1.29, 1.82) is 0 Å². The number of ether oxygens (including phenoxy) is 3. The molecule has 3 amide bonds. The van der Waals surface area contributed by atoms with Gasteiger partial charge in [-0.25, -0.2) is 4.79 Å². The van der Waals surface area contributed by atoms with E-state index in [2.05, 4.69) is 27.2 Å². The standard InChI is InChI=1S/C35H41N7O8S/c1-6-24(18-40(3)20-32(45)50-35-39-26(21-43)22-51-35)38-33(46)28-16-25(19-41(28)4)37-31(44)10-8-14-49-29-12-11-23(15-30(29)48-5)34(47)42-13-7-9-27(42)17-36-2/h6,11-12,15-19,21-22,27H,1,7-10,13-14,20H2,2-5H3,(H,37,44)(H,38,46)/b24-18+,36-17?. The number of allylic oxidation sites excluding steroid dienone is 1. The molecule has 0 radical (unpaired) electrons. The number of hydrogen-bond acceptors (Lipinski definition) is 12. The van der Waals surface area contributed by atoms with Gasteiger partial charge in [0, 0.05) is 63.7 Å². The van der Waals surface area contributed by atoms with Crippen molar-refractivity contribution in [2.45, 2.75) is 31.7 Å². The molecule has 0 spiro atoms. The van der Waals surface area contributed by atoms with Crippen LogP contribution in [0.1, 0.15) is 57.0 Å². The molecule has 0 saturated carbocycles. The van der Waals surface area contributed by atoms with Crippen molar-refractivity contribution >= 4 is 53.2 Å². The van der Waals surface area contributed by atoms with Crippen LogP contribution in [0.2, 0.25) is 0 Å². The number of aromatic nitrogens is 2. The van der Waals surface area contributed by atoms with Crippen molar-refractivity contribution in [3.63, 3.8) is 0 Å². The number of benzene rings is 1. The summed E-state index contributed by atoms with van der Waals surface area (Å²) < 4.78 is 18.0. The largest absolute Gasteiger partial charge is 0.493 e. The highest BCUT2D eigenvalue weighted by Crippen LogP contribution is 2.30. The number of amides is 3. The van der Waals surface area contributed by atoms with Gasteiger partial charge in [0.05, 0.1) is 31.1 Å². The summed E-state index contributed by atoms with van der Waals surface area (Å²) in [5.41, 5.74) is 1.69. The molecule has 1 unspecified atom stereocenters. The number of aliphatic imine (C=N–C) groups is 1. The minimum Gasteiger partial charge on any atom is -0.493 e. The fourth-order valence-corrected chi connectivity index (χ4v) is 5.90. The van der Waals surface area contributed by atoms with E-state index in [0.717, 1.165) is 24.2 Å². The summed E-state index contributed by atoms with van der Waals surface area (Å²) in [5.74, 6) is -0.545. The molecule has 16 heteroatoms. The van der Waals surface area contributed by atoms with E-state index < -0.39 is 11.9 Å². The second kappa shape index (κ2) is 18.3. The molecule has 15 nitrogen and oxygen atoms in total. The lowest BCUT2D eigenvalue weighted by molar-refractivity contribution is -0.134. The van der Waals surface area contributed by atoms with Gasteiger partial charge in [-0.1, -0.05) is 17.9 Å². The zero-order chi connectivity index (χ0) is 36.9. The zero-order valence-corrected chi connectivity index (χ0v) is 29.7. The maximum atomic E-state index is 13.1. The van der Waals surface area contributed by atoms with Crippen molar-refractivity contribution in [3.8, 4) is 16.7 Å². The van der Waals surface area contributed by atoms with Crippen LogP contribution in [-0.2, 0) is 16.6 Å². The molecule has 1 aliphatic heterocycles. The Morgan fingerprint density at radius 3 is 2.73 bits per heavy atom. The first-order valence-electron chi connectivity index (χ1n) is 16.0. The summed E-state index contributed by atoms with van der Waals surface area (Å²) in [6, 6.07) is 6.58. The number of nitrogens with zero attached hydrogens (tertiary/aromatic N) is 5. The van der Waals surface area contributed by atoms with Crippen LogP contribution in [0, 0.1) is 0 Å². The van der Waals surface area contributed by atoms with E-state index in [-0.39, 0.29) is 54.0 Å². The minimum atomic E-state index is -0.610. The topological polar surface area (TPSA) is 174 Å². The Kier molecular flexibility index (Phi) is 13.6. The van der Waals surface area contributed by atoms with Crippen LogP contribution in [-0.4, -0.2) is 102 Å². The second-order valence-corrected chi connectivity index (χ2v) is 12.3. The summed E-state index contributed by atoms with van der Waals surface area (Å²) in [7, 11) is 6.48. The van der Waals surface area contributed by atoms with Crippen LogP contribution in [0.4, 0.5) is 5.69 Å². The number of likely N-dealkylation sites (tertiary alicyclic amines) is 1. The van der Waals surface area contributed by atoms with E-state index in [4.69, 9.17) is 14.2 Å². The quantitative estimate of drug-likeness (QED) is 0.0689. The van der Waals surface area contributed by atoms with Crippen molar-refractivity contribution in [1.82, 2.24) is 24.7 Å². The Bertz CT molecular complexity index is 1810. The summed E-state index contributed by atoms with van der Waals surface area (Å²) in [6.45, 7) is 4.46. The number of carbonyl (C=O) groups is 5. The number of anilines is 1. The fraction of sp³-hybridized carbons (Fsp3) is 0.343. The molecule has 1 saturated heterocycles. The summed E-state index contributed by atoms with van der Waals surface area (Å²) in [6.07, 6.45) is 9.26. The molecule has 1 atom stereocenters. The first-order valence-corrected chi connectivity index (χ1v) is 16.9. The van der Waals surface area contributed by atoms with Crippen LogP contribution in [0.5, 0.6) is 16.7 Å². The van der Waals surface area contributed by atoms with Crippen LogP contribution < -0.4 is 24.8 Å². The zero-order valence-electron chi connectivity index (χ0n) is 28.9. The fourth-order valence-electron chi connectivity index (χ4n) is 5.27. The summed E-state index contributed by atoms with van der Waals surface area (Å²) in [5, 5.41) is 7.05. The van der Waals surface area contributed by atoms with E-state index in [1.807, 2.05) is 0 Å². The molecule has 4 rings (SSSR count). The van der Waals surface area contributed by atoms with E-state index in [1.54, 1.807) is 67.3 Å². The predicted octanol–water partition coefficient (Wildman–Crippen LogP) is 3.70. The van der Waals surface area contributed by atoms with Crippen LogP contribution in [0.15, 0.2) is 65.4 Å². The Balaban J connectivity index is 1.23. The van der Waals surface area contributed by atoms with Gasteiger partial charge in [-0.2, -0.15) is 4.98 Å². The molecule has 0 bridgehead atoms. The number of thiazole rings is 1. The highest BCUT2D eigenvalue weighted by atomic mass is 32.1. The minimum absolute atomic E-state index is 0.0161. The average molecular weight is 720 g/mol. The van der Waals surface area contributed by atoms with Gasteiger partial charge in [0.15, 0.2) is 17.8 Å².